The van der Waals surface area contributed by atoms with Crippen LogP contribution in [0.3, 0.4) is 0 Å². The molecule has 2 unspecified atom stereocenters. The summed E-state index contributed by atoms with van der Waals surface area (Å²) in [6.45, 7) is 8.23. The lowest BCUT2D eigenvalue weighted by Crippen LogP contribution is -2.48. The van der Waals surface area contributed by atoms with Crippen molar-refractivity contribution in [2.24, 2.45) is 5.41 Å². The van der Waals surface area contributed by atoms with Crippen molar-refractivity contribution in [3.8, 4) is 0 Å². The Balaban J connectivity index is 1.84. The molecule has 0 aromatic carbocycles. The van der Waals surface area contributed by atoms with E-state index in [1.165, 1.54) is 51.4 Å². The summed E-state index contributed by atoms with van der Waals surface area (Å²) in [5.41, 5.74) is 0.593. The van der Waals surface area contributed by atoms with Gasteiger partial charge in [-0.15, -0.1) is 0 Å². The molecule has 2 nitrogen and oxygen atoms in total. The zero-order valence-electron chi connectivity index (χ0n) is 13.5. The number of hydrogen-bond donors (Lipinski definition) is 1. The van der Waals surface area contributed by atoms with Crippen molar-refractivity contribution in [1.29, 1.82) is 0 Å². The first-order chi connectivity index (χ1) is 9.02. The van der Waals surface area contributed by atoms with Crippen LogP contribution < -0.4 is 5.32 Å². The van der Waals surface area contributed by atoms with Gasteiger partial charge in [-0.3, -0.25) is 0 Å². The van der Waals surface area contributed by atoms with Crippen LogP contribution >= 0.6 is 0 Å². The molecule has 1 N–H and O–H groups in total. The molecule has 2 fully saturated rings. The molecule has 2 rings (SSSR count). The van der Waals surface area contributed by atoms with Crippen molar-refractivity contribution in [3.63, 3.8) is 0 Å². The van der Waals surface area contributed by atoms with E-state index in [0.717, 1.165) is 24.7 Å². The van der Waals surface area contributed by atoms with Crippen molar-refractivity contribution in [1.82, 2.24) is 10.2 Å². The molecule has 112 valence electrons. The molecule has 0 aromatic rings. The lowest BCUT2D eigenvalue weighted by atomic mass is 9.74. The van der Waals surface area contributed by atoms with Crippen LogP contribution in [-0.2, 0) is 0 Å². The molecular weight excluding hydrogens is 232 g/mol. The van der Waals surface area contributed by atoms with E-state index in [1.807, 2.05) is 0 Å². The summed E-state index contributed by atoms with van der Waals surface area (Å²) in [5, 5.41) is 3.66. The summed E-state index contributed by atoms with van der Waals surface area (Å²) in [4.78, 5) is 2.73. The third-order valence-electron chi connectivity index (χ3n) is 5.60. The Morgan fingerprint density at radius 3 is 2.37 bits per heavy atom. The van der Waals surface area contributed by atoms with Gasteiger partial charge in [0.05, 0.1) is 0 Å². The van der Waals surface area contributed by atoms with E-state index in [-0.39, 0.29) is 0 Å². The fourth-order valence-corrected chi connectivity index (χ4v) is 4.10. The largest absolute Gasteiger partial charge is 0.314 e. The lowest BCUT2D eigenvalue weighted by molar-refractivity contribution is 0.0715. The Kier molecular flexibility index (Phi) is 5.30. The van der Waals surface area contributed by atoms with Crippen LogP contribution in [0.4, 0.5) is 0 Å². The predicted molar refractivity (Wildman–Crippen MR) is 83.5 cm³/mol. The van der Waals surface area contributed by atoms with Gasteiger partial charge in [0, 0.05) is 18.1 Å². The van der Waals surface area contributed by atoms with Gasteiger partial charge >= 0.3 is 0 Å². The summed E-state index contributed by atoms with van der Waals surface area (Å²) >= 11 is 0. The molecule has 0 heterocycles. The van der Waals surface area contributed by atoms with E-state index >= 15 is 0 Å². The van der Waals surface area contributed by atoms with E-state index in [2.05, 4.69) is 38.0 Å². The van der Waals surface area contributed by atoms with Crippen molar-refractivity contribution >= 4 is 0 Å². The number of hydrogen-bond acceptors (Lipinski definition) is 2. The Bertz CT molecular complexity index is 262. The van der Waals surface area contributed by atoms with Crippen molar-refractivity contribution in [3.05, 3.63) is 0 Å². The lowest BCUT2D eigenvalue weighted by Gasteiger charge is -2.44. The van der Waals surface area contributed by atoms with Crippen molar-refractivity contribution < 1.29 is 0 Å². The summed E-state index contributed by atoms with van der Waals surface area (Å²) in [6.07, 6.45) is 11.2. The van der Waals surface area contributed by atoms with Crippen LogP contribution in [0.25, 0.3) is 0 Å². The third-order valence-corrected chi connectivity index (χ3v) is 5.60. The van der Waals surface area contributed by atoms with Crippen molar-refractivity contribution in [2.45, 2.75) is 90.3 Å². The molecule has 0 amide bonds. The highest BCUT2D eigenvalue weighted by Crippen LogP contribution is 2.38. The van der Waals surface area contributed by atoms with Gasteiger partial charge in [0.1, 0.15) is 0 Å². The van der Waals surface area contributed by atoms with Gasteiger partial charge in [-0.1, -0.05) is 27.2 Å². The van der Waals surface area contributed by atoms with Crippen LogP contribution in [-0.4, -0.2) is 36.6 Å². The highest BCUT2D eigenvalue weighted by atomic mass is 15.2. The molecule has 2 aliphatic rings. The third kappa shape index (κ3) is 4.19. The molecule has 2 saturated carbocycles. The van der Waals surface area contributed by atoms with Gasteiger partial charge in [-0.2, -0.15) is 0 Å². The predicted octanol–water partition coefficient (Wildman–Crippen LogP) is 3.81. The zero-order chi connectivity index (χ0) is 13.9. The first-order valence-corrected chi connectivity index (χ1v) is 8.47. The minimum absolute atomic E-state index is 0.593. The molecule has 2 atom stereocenters. The smallest absolute Gasteiger partial charge is 0.0110 e. The van der Waals surface area contributed by atoms with E-state index in [4.69, 9.17) is 0 Å². The zero-order valence-corrected chi connectivity index (χ0v) is 13.5. The molecule has 2 heteroatoms. The maximum Gasteiger partial charge on any atom is 0.0110 e. The first kappa shape index (κ1) is 15.3. The van der Waals surface area contributed by atoms with Crippen LogP contribution in [0.1, 0.15) is 72.1 Å². The Hall–Kier alpha value is -0.0800. The van der Waals surface area contributed by atoms with Gasteiger partial charge in [0.15, 0.2) is 0 Å². The Labute approximate surface area is 120 Å². The quantitative estimate of drug-likeness (QED) is 0.832. The minimum Gasteiger partial charge on any atom is -0.314 e. The molecular formula is C17H34N2. The minimum atomic E-state index is 0.593. The molecule has 0 saturated heterocycles. The summed E-state index contributed by atoms with van der Waals surface area (Å²) < 4.78 is 0. The van der Waals surface area contributed by atoms with Crippen molar-refractivity contribution in [2.75, 3.05) is 13.6 Å². The molecule has 19 heavy (non-hydrogen) atoms. The standard InChI is InChI=1S/C17H34N2/c1-5-18-14-7-6-8-16(13-14)19(4)15-9-11-17(2,3)12-10-15/h14-16,18H,5-13H2,1-4H3. The van der Waals surface area contributed by atoms with Gasteiger partial charge in [-0.05, 0) is 64.0 Å². The summed E-state index contributed by atoms with van der Waals surface area (Å²) in [7, 11) is 2.39. The van der Waals surface area contributed by atoms with E-state index in [0.29, 0.717) is 5.41 Å². The number of nitrogens with zero attached hydrogens (tertiary/aromatic N) is 1. The van der Waals surface area contributed by atoms with Crippen LogP contribution in [0, 0.1) is 5.41 Å². The van der Waals surface area contributed by atoms with Crippen LogP contribution in [0.2, 0.25) is 0 Å². The second-order valence-electron chi connectivity index (χ2n) is 7.64. The molecule has 0 spiro atoms. The fraction of sp³-hybridized carbons (Fsp3) is 1.00. The SMILES string of the molecule is CCNC1CCCC(N(C)C2CCC(C)(C)CC2)C1. The molecule has 0 aliphatic heterocycles. The van der Waals surface area contributed by atoms with E-state index in [9.17, 15) is 0 Å². The fourth-order valence-electron chi connectivity index (χ4n) is 4.10. The van der Waals surface area contributed by atoms with Gasteiger partial charge in [-0.25, -0.2) is 0 Å². The number of rotatable bonds is 4. The highest BCUT2D eigenvalue weighted by Gasteiger charge is 2.33. The highest BCUT2D eigenvalue weighted by molar-refractivity contribution is 4.89. The Morgan fingerprint density at radius 2 is 1.74 bits per heavy atom. The first-order valence-electron chi connectivity index (χ1n) is 8.47. The summed E-state index contributed by atoms with van der Waals surface area (Å²) in [5.74, 6) is 0. The topological polar surface area (TPSA) is 15.3 Å². The van der Waals surface area contributed by atoms with E-state index < -0.39 is 0 Å². The average Bonchev–Trinajstić information content (AvgIpc) is 2.39. The second-order valence-corrected chi connectivity index (χ2v) is 7.64. The normalized spacial score (nSPS) is 32.7. The molecule has 2 aliphatic carbocycles. The van der Waals surface area contributed by atoms with Gasteiger partial charge < -0.3 is 10.2 Å². The molecule has 0 aromatic heterocycles. The maximum atomic E-state index is 3.66. The van der Waals surface area contributed by atoms with Crippen LogP contribution in [0.15, 0.2) is 0 Å². The van der Waals surface area contributed by atoms with E-state index in [1.54, 1.807) is 0 Å². The van der Waals surface area contributed by atoms with Gasteiger partial charge in [0.2, 0.25) is 0 Å². The monoisotopic (exact) mass is 266 g/mol. The summed E-state index contributed by atoms with van der Waals surface area (Å²) in [6, 6.07) is 2.44. The number of nitrogens with one attached hydrogen (secondary N) is 1. The van der Waals surface area contributed by atoms with Crippen LogP contribution in [0.5, 0.6) is 0 Å². The van der Waals surface area contributed by atoms with Gasteiger partial charge in [0.25, 0.3) is 0 Å². The molecule has 0 bridgehead atoms. The average molecular weight is 266 g/mol. The second kappa shape index (κ2) is 6.58. The maximum absolute atomic E-state index is 3.66. The molecule has 0 radical (unpaired) electrons. The Morgan fingerprint density at radius 1 is 1.05 bits per heavy atom.